The molecule has 7 N–H and O–H groups in total. The fourth-order valence-corrected chi connectivity index (χ4v) is 0.331. The van der Waals surface area contributed by atoms with E-state index in [-0.39, 0.29) is 0 Å². The lowest BCUT2D eigenvalue weighted by molar-refractivity contribution is -0.152. The van der Waals surface area contributed by atoms with Crippen LogP contribution in [0.3, 0.4) is 0 Å². The van der Waals surface area contributed by atoms with Gasteiger partial charge in [-0.3, -0.25) is 9.59 Å². The third-order valence-electron chi connectivity index (χ3n) is 1.17. The highest BCUT2D eigenvalue weighted by molar-refractivity contribution is 5.79. The Kier molecular flexibility index (Phi) is 8.97. The van der Waals surface area contributed by atoms with E-state index in [0.29, 0.717) is 0 Å². The standard InChI is InChI=1S/C4H6O5.C3H7NO3/c5-2(4(8)9)1-3(6)7;4-2(1-5)3(6)7/h2,5H,1H2,(H,6,7)(H,8,9);2,5H,1,4H2,(H,6,7)/t;2-/m.0/s1. The van der Waals surface area contributed by atoms with Crippen LogP contribution in [0.5, 0.6) is 0 Å². The van der Waals surface area contributed by atoms with Gasteiger partial charge in [-0.25, -0.2) is 4.79 Å². The van der Waals surface area contributed by atoms with Crippen molar-refractivity contribution in [3.8, 4) is 0 Å². The Morgan fingerprint density at radius 3 is 1.56 bits per heavy atom. The van der Waals surface area contributed by atoms with Gasteiger partial charge >= 0.3 is 17.9 Å². The van der Waals surface area contributed by atoms with Crippen molar-refractivity contribution in [1.29, 1.82) is 0 Å². The van der Waals surface area contributed by atoms with Crippen LogP contribution in [0.25, 0.3) is 0 Å². The number of nitrogens with two attached hydrogens (primary N) is 1. The number of rotatable bonds is 5. The van der Waals surface area contributed by atoms with Crippen LogP contribution in [0, 0.1) is 0 Å². The smallest absolute Gasteiger partial charge is 0.333 e. The number of carboxylic acid groups (broad SMARTS) is 3. The molecule has 0 spiro atoms. The first-order valence-electron chi connectivity index (χ1n) is 3.94. The first-order valence-corrected chi connectivity index (χ1v) is 3.94. The molecule has 2 atom stereocenters. The highest BCUT2D eigenvalue weighted by atomic mass is 16.4. The fraction of sp³-hybridized carbons (Fsp3) is 0.571. The maximum absolute atomic E-state index is 9.72. The predicted octanol–water partition coefficient (Wildman–Crippen LogP) is -2.70. The molecule has 0 radical (unpaired) electrons. The van der Waals surface area contributed by atoms with Gasteiger partial charge in [0.15, 0.2) is 6.10 Å². The highest BCUT2D eigenvalue weighted by Crippen LogP contribution is 1.89. The zero-order chi connectivity index (χ0) is 13.3. The quantitative estimate of drug-likeness (QED) is 0.297. The fourth-order valence-electron chi connectivity index (χ4n) is 0.331. The van der Waals surface area contributed by atoms with Crippen LogP contribution in [-0.4, -0.2) is 62.2 Å². The van der Waals surface area contributed by atoms with Gasteiger partial charge in [-0.15, -0.1) is 0 Å². The average Bonchev–Trinajstić information content (AvgIpc) is 2.16. The van der Waals surface area contributed by atoms with Crippen LogP contribution in [-0.2, 0) is 14.4 Å². The number of aliphatic hydroxyl groups is 2. The average molecular weight is 239 g/mol. The molecule has 0 aliphatic carbocycles. The summed E-state index contributed by atoms with van der Waals surface area (Å²) in [5.74, 6) is -4.02. The third-order valence-corrected chi connectivity index (χ3v) is 1.17. The second-order valence-corrected chi connectivity index (χ2v) is 2.58. The van der Waals surface area contributed by atoms with E-state index < -0.39 is 43.1 Å². The van der Waals surface area contributed by atoms with Gasteiger partial charge in [0, 0.05) is 0 Å². The molecule has 0 aromatic rings. The Hall–Kier alpha value is -1.71. The van der Waals surface area contributed by atoms with E-state index in [1.165, 1.54) is 0 Å². The van der Waals surface area contributed by atoms with Gasteiger partial charge < -0.3 is 31.3 Å². The molecular weight excluding hydrogens is 226 g/mol. The second kappa shape index (κ2) is 8.59. The van der Waals surface area contributed by atoms with E-state index in [1.807, 2.05) is 0 Å². The van der Waals surface area contributed by atoms with Crippen LogP contribution in [0.15, 0.2) is 0 Å². The minimum atomic E-state index is -1.79. The van der Waals surface area contributed by atoms with Crippen molar-refractivity contribution >= 4 is 17.9 Å². The molecule has 0 amide bonds. The Labute approximate surface area is 89.7 Å². The number of hydrogen-bond acceptors (Lipinski definition) is 6. The van der Waals surface area contributed by atoms with Crippen LogP contribution in [0.2, 0.25) is 0 Å². The Morgan fingerprint density at radius 2 is 1.50 bits per heavy atom. The predicted molar refractivity (Wildman–Crippen MR) is 48.6 cm³/mol. The SMILES string of the molecule is N[C@@H](CO)C(=O)O.O=C(O)CC(O)C(=O)O. The molecular formula is C7H13NO8. The van der Waals surface area contributed by atoms with E-state index in [4.69, 9.17) is 31.3 Å². The first-order chi connectivity index (χ1) is 7.22. The van der Waals surface area contributed by atoms with Crippen molar-refractivity contribution < 1.29 is 39.9 Å². The molecule has 9 nitrogen and oxygen atoms in total. The number of aliphatic carboxylic acids is 3. The number of aliphatic hydroxyl groups excluding tert-OH is 2. The van der Waals surface area contributed by atoms with Crippen molar-refractivity contribution in [2.24, 2.45) is 5.73 Å². The summed E-state index contributed by atoms with van der Waals surface area (Å²) in [5, 5.41) is 40.0. The van der Waals surface area contributed by atoms with Crippen molar-refractivity contribution in [3.05, 3.63) is 0 Å². The molecule has 1 unspecified atom stereocenters. The zero-order valence-corrected chi connectivity index (χ0v) is 8.11. The normalized spacial score (nSPS) is 12.9. The minimum Gasteiger partial charge on any atom is -0.481 e. The van der Waals surface area contributed by atoms with Crippen LogP contribution >= 0.6 is 0 Å². The first kappa shape index (κ1) is 16.7. The lowest BCUT2D eigenvalue weighted by Crippen LogP contribution is -2.33. The molecule has 0 aromatic heterocycles. The summed E-state index contributed by atoms with van der Waals surface area (Å²) in [7, 11) is 0. The number of carbonyl (C=O) groups is 3. The van der Waals surface area contributed by atoms with Gasteiger partial charge in [0.1, 0.15) is 6.04 Å². The maximum atomic E-state index is 9.72. The maximum Gasteiger partial charge on any atom is 0.333 e. The Bertz CT molecular complexity index is 253. The highest BCUT2D eigenvalue weighted by Gasteiger charge is 2.16. The molecule has 0 aliphatic rings. The molecule has 16 heavy (non-hydrogen) atoms. The van der Waals surface area contributed by atoms with Crippen molar-refractivity contribution in [2.45, 2.75) is 18.6 Å². The Morgan fingerprint density at radius 1 is 1.06 bits per heavy atom. The molecule has 0 aromatic carbocycles. The Balaban J connectivity index is 0. The number of carboxylic acids is 3. The van der Waals surface area contributed by atoms with Crippen molar-refractivity contribution in [2.75, 3.05) is 6.61 Å². The summed E-state index contributed by atoms with van der Waals surface area (Å²) >= 11 is 0. The minimum absolute atomic E-state index is 0.505. The van der Waals surface area contributed by atoms with Crippen LogP contribution in [0.1, 0.15) is 6.42 Å². The van der Waals surface area contributed by atoms with Gasteiger partial charge in [0.2, 0.25) is 0 Å². The van der Waals surface area contributed by atoms with E-state index in [0.717, 1.165) is 0 Å². The van der Waals surface area contributed by atoms with E-state index in [2.05, 4.69) is 0 Å². The van der Waals surface area contributed by atoms with E-state index in [1.54, 1.807) is 0 Å². The van der Waals surface area contributed by atoms with Gasteiger partial charge in [-0.2, -0.15) is 0 Å². The summed E-state index contributed by atoms with van der Waals surface area (Å²) in [5.41, 5.74) is 4.77. The molecule has 9 heteroatoms. The van der Waals surface area contributed by atoms with E-state index >= 15 is 0 Å². The molecule has 0 bridgehead atoms. The molecule has 94 valence electrons. The topological polar surface area (TPSA) is 178 Å². The summed E-state index contributed by atoms with van der Waals surface area (Å²) in [6, 6.07) is -1.13. The molecule has 0 rings (SSSR count). The zero-order valence-electron chi connectivity index (χ0n) is 8.11. The molecule has 0 heterocycles. The molecule has 0 saturated heterocycles. The van der Waals surface area contributed by atoms with Gasteiger partial charge in [-0.05, 0) is 0 Å². The lowest BCUT2D eigenvalue weighted by Gasteiger charge is -1.97. The second-order valence-electron chi connectivity index (χ2n) is 2.58. The lowest BCUT2D eigenvalue weighted by atomic mass is 10.3. The van der Waals surface area contributed by atoms with Crippen molar-refractivity contribution in [1.82, 2.24) is 0 Å². The third kappa shape index (κ3) is 10.4. The number of hydrogen-bond donors (Lipinski definition) is 6. The van der Waals surface area contributed by atoms with Crippen LogP contribution in [0.4, 0.5) is 0 Å². The largest absolute Gasteiger partial charge is 0.481 e. The molecule has 0 aliphatic heterocycles. The van der Waals surface area contributed by atoms with Gasteiger partial charge in [0.25, 0.3) is 0 Å². The summed E-state index contributed by atoms with van der Waals surface area (Å²) < 4.78 is 0. The molecule has 0 fully saturated rings. The van der Waals surface area contributed by atoms with Crippen molar-refractivity contribution in [3.63, 3.8) is 0 Å². The monoisotopic (exact) mass is 239 g/mol. The van der Waals surface area contributed by atoms with E-state index in [9.17, 15) is 14.4 Å². The summed E-state index contributed by atoms with van der Waals surface area (Å²) in [6.07, 6.45) is -2.54. The molecule has 0 saturated carbocycles. The summed E-state index contributed by atoms with van der Waals surface area (Å²) in [4.78, 5) is 29.1. The summed E-state index contributed by atoms with van der Waals surface area (Å²) in [6.45, 7) is -0.505. The van der Waals surface area contributed by atoms with Gasteiger partial charge in [0.05, 0.1) is 13.0 Å². The van der Waals surface area contributed by atoms with Crippen LogP contribution < -0.4 is 5.73 Å². The van der Waals surface area contributed by atoms with Gasteiger partial charge in [-0.1, -0.05) is 0 Å².